The maximum absolute atomic E-state index is 11.0. The normalized spacial score (nSPS) is 16.5. The first-order chi connectivity index (χ1) is 8.16. The zero-order valence-electron chi connectivity index (χ0n) is 9.93. The lowest BCUT2D eigenvalue weighted by Gasteiger charge is -2.13. The predicted octanol–water partition coefficient (Wildman–Crippen LogP) is 0.0501. The summed E-state index contributed by atoms with van der Waals surface area (Å²) in [6.45, 7) is 4.25. The van der Waals surface area contributed by atoms with Crippen molar-refractivity contribution in [2.45, 2.75) is 25.8 Å². The smallest absolute Gasteiger partial charge is 0.271 e. The van der Waals surface area contributed by atoms with Gasteiger partial charge < -0.3 is 16.4 Å². The van der Waals surface area contributed by atoms with Gasteiger partial charge in [0.25, 0.3) is 5.91 Å². The fourth-order valence-electron chi connectivity index (χ4n) is 2.21. The zero-order valence-corrected chi connectivity index (χ0v) is 9.93. The van der Waals surface area contributed by atoms with Crippen molar-refractivity contribution in [1.82, 2.24) is 14.7 Å². The number of aromatic nitrogens is 2. The highest BCUT2D eigenvalue weighted by atomic mass is 16.1. The van der Waals surface area contributed by atoms with Crippen LogP contribution in [0.15, 0.2) is 6.20 Å². The second-order valence-electron chi connectivity index (χ2n) is 4.46. The van der Waals surface area contributed by atoms with Crippen LogP contribution in [0.3, 0.4) is 0 Å². The number of rotatable bonds is 5. The Bertz CT molecular complexity index is 395. The Balaban J connectivity index is 1.82. The lowest BCUT2D eigenvalue weighted by atomic mass is 10.4. The summed E-state index contributed by atoms with van der Waals surface area (Å²) in [5.74, 6) is -0.569. The summed E-state index contributed by atoms with van der Waals surface area (Å²) in [5, 5.41) is 4.07. The van der Waals surface area contributed by atoms with Gasteiger partial charge in [0, 0.05) is 12.7 Å². The number of amides is 1. The van der Waals surface area contributed by atoms with Gasteiger partial charge in [-0.3, -0.25) is 9.48 Å². The van der Waals surface area contributed by atoms with E-state index in [2.05, 4.69) is 10.00 Å². The van der Waals surface area contributed by atoms with Crippen LogP contribution < -0.4 is 11.5 Å². The van der Waals surface area contributed by atoms with Gasteiger partial charge in [-0.1, -0.05) is 0 Å². The first kappa shape index (κ1) is 11.9. The van der Waals surface area contributed by atoms with Gasteiger partial charge in [0.15, 0.2) is 5.69 Å². The molecule has 0 spiro atoms. The van der Waals surface area contributed by atoms with Crippen molar-refractivity contribution >= 4 is 11.6 Å². The fraction of sp³-hybridized carbons (Fsp3) is 0.636. The zero-order chi connectivity index (χ0) is 12.3. The molecule has 1 aliphatic rings. The van der Waals surface area contributed by atoms with Crippen molar-refractivity contribution < 1.29 is 4.79 Å². The minimum absolute atomic E-state index is 0.172. The summed E-state index contributed by atoms with van der Waals surface area (Å²) in [6, 6.07) is 0. The number of aryl methyl sites for hydroxylation is 1. The van der Waals surface area contributed by atoms with Crippen LogP contribution in [0.1, 0.15) is 29.8 Å². The molecule has 94 valence electrons. The Labute approximate surface area is 101 Å². The van der Waals surface area contributed by atoms with Gasteiger partial charge in [-0.15, -0.1) is 0 Å². The number of nitrogens with two attached hydrogens (primary N) is 2. The molecule has 2 heterocycles. The summed E-state index contributed by atoms with van der Waals surface area (Å²) >= 11 is 0. The first-order valence-corrected chi connectivity index (χ1v) is 6.02. The molecule has 6 nitrogen and oxygen atoms in total. The van der Waals surface area contributed by atoms with Crippen LogP contribution in [-0.2, 0) is 6.54 Å². The van der Waals surface area contributed by atoms with Crippen molar-refractivity contribution in [2.75, 3.05) is 25.4 Å². The van der Waals surface area contributed by atoms with Crippen LogP contribution in [0.25, 0.3) is 0 Å². The molecule has 17 heavy (non-hydrogen) atoms. The standard InChI is InChI=1S/C11H19N5O/c12-9-8-16(14-10(9)11(13)17)7-3-6-15-4-1-2-5-15/h8H,1-7,12H2,(H2,13,17). The van der Waals surface area contributed by atoms with E-state index < -0.39 is 5.91 Å². The van der Waals surface area contributed by atoms with E-state index in [4.69, 9.17) is 11.5 Å². The van der Waals surface area contributed by atoms with E-state index in [1.54, 1.807) is 10.9 Å². The van der Waals surface area contributed by atoms with E-state index in [1.807, 2.05) is 0 Å². The SMILES string of the molecule is NC(=O)c1nn(CCCN2CCCC2)cc1N. The third-order valence-electron chi connectivity index (χ3n) is 3.08. The number of primary amides is 1. The molecule has 1 fully saturated rings. The summed E-state index contributed by atoms with van der Waals surface area (Å²) in [7, 11) is 0. The maximum atomic E-state index is 11.0. The second-order valence-corrected chi connectivity index (χ2v) is 4.46. The van der Waals surface area contributed by atoms with Crippen LogP contribution in [0.4, 0.5) is 5.69 Å². The molecule has 0 atom stereocenters. The molecule has 1 amide bonds. The number of carbonyl (C=O) groups excluding carboxylic acids is 1. The summed E-state index contributed by atoms with van der Waals surface area (Å²) in [6.07, 6.45) is 5.30. The Morgan fingerprint density at radius 2 is 2.06 bits per heavy atom. The largest absolute Gasteiger partial charge is 0.396 e. The summed E-state index contributed by atoms with van der Waals surface area (Å²) in [4.78, 5) is 13.4. The lowest BCUT2D eigenvalue weighted by Crippen LogP contribution is -2.21. The Hall–Kier alpha value is -1.56. The molecule has 0 unspecified atom stereocenters. The van der Waals surface area contributed by atoms with Crippen LogP contribution in [0.2, 0.25) is 0 Å². The molecule has 0 bridgehead atoms. The van der Waals surface area contributed by atoms with Crippen molar-refractivity contribution in [3.63, 3.8) is 0 Å². The number of likely N-dealkylation sites (tertiary alicyclic amines) is 1. The molecule has 0 aromatic carbocycles. The number of hydrogen-bond donors (Lipinski definition) is 2. The van der Waals surface area contributed by atoms with Crippen molar-refractivity contribution in [2.24, 2.45) is 5.73 Å². The molecule has 0 saturated carbocycles. The molecular weight excluding hydrogens is 218 g/mol. The molecule has 2 rings (SSSR count). The van der Waals surface area contributed by atoms with E-state index in [0.717, 1.165) is 19.5 Å². The molecule has 0 radical (unpaired) electrons. The van der Waals surface area contributed by atoms with Crippen molar-refractivity contribution in [3.05, 3.63) is 11.9 Å². The molecular formula is C11H19N5O. The van der Waals surface area contributed by atoms with Gasteiger partial charge in [-0.25, -0.2) is 0 Å². The first-order valence-electron chi connectivity index (χ1n) is 6.02. The molecule has 0 aliphatic carbocycles. The van der Waals surface area contributed by atoms with Crippen LogP contribution >= 0.6 is 0 Å². The van der Waals surface area contributed by atoms with E-state index in [0.29, 0.717) is 5.69 Å². The molecule has 1 aliphatic heterocycles. The second kappa shape index (κ2) is 5.18. The summed E-state index contributed by atoms with van der Waals surface area (Å²) < 4.78 is 1.70. The van der Waals surface area contributed by atoms with Gasteiger partial charge in [0.1, 0.15) is 0 Å². The average molecular weight is 237 g/mol. The predicted molar refractivity (Wildman–Crippen MR) is 65.4 cm³/mol. The number of hydrogen-bond acceptors (Lipinski definition) is 4. The number of nitrogen functional groups attached to an aromatic ring is 1. The number of carbonyl (C=O) groups is 1. The average Bonchev–Trinajstić information content (AvgIpc) is 2.88. The molecule has 6 heteroatoms. The Morgan fingerprint density at radius 3 is 2.65 bits per heavy atom. The molecule has 1 saturated heterocycles. The Morgan fingerprint density at radius 1 is 1.35 bits per heavy atom. The number of nitrogens with zero attached hydrogens (tertiary/aromatic N) is 3. The van der Waals surface area contributed by atoms with Crippen molar-refractivity contribution in [3.8, 4) is 0 Å². The van der Waals surface area contributed by atoms with Crippen LogP contribution in [-0.4, -0.2) is 40.2 Å². The highest BCUT2D eigenvalue weighted by Crippen LogP contribution is 2.10. The fourth-order valence-corrected chi connectivity index (χ4v) is 2.21. The van der Waals surface area contributed by atoms with Gasteiger partial charge in [0.05, 0.1) is 5.69 Å². The van der Waals surface area contributed by atoms with Gasteiger partial charge in [-0.05, 0) is 38.9 Å². The van der Waals surface area contributed by atoms with E-state index in [1.165, 1.54) is 25.9 Å². The van der Waals surface area contributed by atoms with Gasteiger partial charge >= 0.3 is 0 Å². The highest BCUT2D eigenvalue weighted by molar-refractivity contribution is 5.95. The quantitative estimate of drug-likeness (QED) is 0.757. The highest BCUT2D eigenvalue weighted by Gasteiger charge is 2.13. The molecule has 1 aromatic rings. The van der Waals surface area contributed by atoms with Gasteiger partial charge in [0.2, 0.25) is 0 Å². The van der Waals surface area contributed by atoms with E-state index in [9.17, 15) is 4.79 Å². The topological polar surface area (TPSA) is 90.2 Å². The summed E-state index contributed by atoms with van der Waals surface area (Å²) in [5.41, 5.74) is 11.3. The maximum Gasteiger partial charge on any atom is 0.271 e. The molecule has 1 aromatic heterocycles. The third kappa shape index (κ3) is 2.97. The number of anilines is 1. The van der Waals surface area contributed by atoms with E-state index in [-0.39, 0.29) is 5.69 Å². The minimum atomic E-state index is -0.569. The third-order valence-corrected chi connectivity index (χ3v) is 3.08. The van der Waals surface area contributed by atoms with E-state index >= 15 is 0 Å². The lowest BCUT2D eigenvalue weighted by molar-refractivity contribution is 0.0995. The Kier molecular flexibility index (Phi) is 3.63. The monoisotopic (exact) mass is 237 g/mol. The van der Waals surface area contributed by atoms with Crippen LogP contribution in [0, 0.1) is 0 Å². The molecule has 4 N–H and O–H groups in total. The van der Waals surface area contributed by atoms with Crippen molar-refractivity contribution in [1.29, 1.82) is 0 Å². The minimum Gasteiger partial charge on any atom is -0.396 e. The van der Waals surface area contributed by atoms with Crippen LogP contribution in [0.5, 0.6) is 0 Å². The van der Waals surface area contributed by atoms with Gasteiger partial charge in [-0.2, -0.15) is 5.10 Å².